The van der Waals surface area contributed by atoms with Gasteiger partial charge in [0.15, 0.2) is 0 Å². The molecule has 0 bridgehead atoms. The lowest BCUT2D eigenvalue weighted by Crippen LogP contribution is -2.44. The molecule has 16 heavy (non-hydrogen) atoms. The van der Waals surface area contributed by atoms with Crippen LogP contribution in [0.2, 0.25) is 0 Å². The fraction of sp³-hybridized carbons (Fsp3) is 1.00. The van der Waals surface area contributed by atoms with Crippen LogP contribution in [0.15, 0.2) is 0 Å². The van der Waals surface area contributed by atoms with Crippen molar-refractivity contribution in [3.05, 3.63) is 0 Å². The highest BCUT2D eigenvalue weighted by Gasteiger charge is 2.12. The molecular weight excluding hydrogens is 200 g/mol. The standard InChI is InChI=1S/C10H22N2.C3H8O/c1-3-4-5-6-12-9-7-11(2)8-10-12;1-3-4-2/h3-10H2,1-2H3;3H2,1-2H3. The predicted octanol–water partition coefficient (Wildman–Crippen LogP) is 2.08. The molecule has 0 aromatic rings. The van der Waals surface area contributed by atoms with E-state index in [9.17, 15) is 0 Å². The Morgan fingerprint density at radius 3 is 2.00 bits per heavy atom. The lowest BCUT2D eigenvalue weighted by atomic mass is 10.2. The third-order valence-corrected chi connectivity index (χ3v) is 2.96. The number of likely N-dealkylation sites (N-methyl/N-ethyl adjacent to an activating group) is 1. The van der Waals surface area contributed by atoms with E-state index in [0.29, 0.717) is 0 Å². The normalized spacial score (nSPS) is 18.0. The van der Waals surface area contributed by atoms with Gasteiger partial charge in [-0.15, -0.1) is 0 Å². The monoisotopic (exact) mass is 230 g/mol. The smallest absolute Gasteiger partial charge is 0.0433 e. The zero-order valence-corrected chi connectivity index (χ0v) is 11.7. The molecule has 0 N–H and O–H groups in total. The number of ether oxygens (including phenoxy) is 1. The van der Waals surface area contributed by atoms with Gasteiger partial charge in [0.05, 0.1) is 0 Å². The molecule has 0 unspecified atom stereocenters. The molecule has 0 aromatic heterocycles. The number of hydrogen-bond donors (Lipinski definition) is 0. The summed E-state index contributed by atoms with van der Waals surface area (Å²) in [5.74, 6) is 0. The second kappa shape index (κ2) is 11.4. The van der Waals surface area contributed by atoms with Gasteiger partial charge in [-0.3, -0.25) is 0 Å². The molecule has 0 aliphatic carbocycles. The first kappa shape index (κ1) is 15.9. The Morgan fingerprint density at radius 2 is 1.56 bits per heavy atom. The molecule has 0 saturated carbocycles. The molecule has 1 saturated heterocycles. The van der Waals surface area contributed by atoms with Crippen molar-refractivity contribution in [2.75, 3.05) is 53.5 Å². The van der Waals surface area contributed by atoms with Crippen molar-refractivity contribution in [3.8, 4) is 0 Å². The molecule has 3 heteroatoms. The van der Waals surface area contributed by atoms with Crippen molar-refractivity contribution in [1.82, 2.24) is 9.80 Å². The summed E-state index contributed by atoms with van der Waals surface area (Å²) in [4.78, 5) is 5.01. The fourth-order valence-electron chi connectivity index (χ4n) is 1.66. The molecule has 1 fully saturated rings. The summed E-state index contributed by atoms with van der Waals surface area (Å²) < 4.78 is 4.54. The van der Waals surface area contributed by atoms with Crippen LogP contribution >= 0.6 is 0 Å². The molecule has 0 spiro atoms. The van der Waals surface area contributed by atoms with E-state index in [2.05, 4.69) is 28.5 Å². The summed E-state index contributed by atoms with van der Waals surface area (Å²) in [6.45, 7) is 11.4. The number of nitrogens with zero attached hydrogens (tertiary/aromatic N) is 2. The Balaban J connectivity index is 0.000000487. The van der Waals surface area contributed by atoms with Gasteiger partial charge >= 0.3 is 0 Å². The van der Waals surface area contributed by atoms with E-state index in [4.69, 9.17) is 0 Å². The van der Waals surface area contributed by atoms with Gasteiger partial charge in [-0.1, -0.05) is 19.8 Å². The average molecular weight is 230 g/mol. The highest BCUT2D eigenvalue weighted by Crippen LogP contribution is 2.02. The van der Waals surface area contributed by atoms with Gasteiger partial charge in [-0.25, -0.2) is 0 Å². The van der Waals surface area contributed by atoms with Crippen molar-refractivity contribution in [2.45, 2.75) is 33.1 Å². The van der Waals surface area contributed by atoms with Crippen LogP contribution in [-0.2, 0) is 4.74 Å². The number of unbranched alkanes of at least 4 members (excludes halogenated alkanes) is 2. The molecule has 98 valence electrons. The van der Waals surface area contributed by atoms with Gasteiger partial charge in [0.25, 0.3) is 0 Å². The summed E-state index contributed by atoms with van der Waals surface area (Å²) in [6, 6.07) is 0. The van der Waals surface area contributed by atoms with Gasteiger partial charge in [-0.05, 0) is 26.9 Å². The van der Waals surface area contributed by atoms with E-state index in [1.54, 1.807) is 7.11 Å². The summed E-state index contributed by atoms with van der Waals surface area (Å²) in [7, 11) is 3.89. The van der Waals surface area contributed by atoms with Crippen LogP contribution in [0.5, 0.6) is 0 Å². The van der Waals surface area contributed by atoms with Crippen LogP contribution in [0.4, 0.5) is 0 Å². The van der Waals surface area contributed by atoms with Crippen LogP contribution in [0.25, 0.3) is 0 Å². The maximum Gasteiger partial charge on any atom is 0.0433 e. The molecular formula is C13H30N2O. The summed E-state index contributed by atoms with van der Waals surface area (Å²) in [5.41, 5.74) is 0. The second-order valence-corrected chi connectivity index (χ2v) is 4.43. The number of hydrogen-bond acceptors (Lipinski definition) is 3. The van der Waals surface area contributed by atoms with Crippen molar-refractivity contribution in [2.24, 2.45) is 0 Å². The topological polar surface area (TPSA) is 15.7 Å². The van der Waals surface area contributed by atoms with E-state index in [0.717, 1.165) is 6.61 Å². The molecule has 0 amide bonds. The largest absolute Gasteiger partial charge is 0.385 e. The Kier molecular flexibility index (Phi) is 11.3. The highest BCUT2D eigenvalue weighted by molar-refractivity contribution is 4.68. The summed E-state index contributed by atoms with van der Waals surface area (Å²) in [5, 5.41) is 0. The zero-order valence-electron chi connectivity index (χ0n) is 11.7. The van der Waals surface area contributed by atoms with Gasteiger partial charge in [-0.2, -0.15) is 0 Å². The van der Waals surface area contributed by atoms with Crippen molar-refractivity contribution < 1.29 is 4.74 Å². The molecule has 1 aliphatic heterocycles. The zero-order chi connectivity index (χ0) is 12.2. The van der Waals surface area contributed by atoms with Gasteiger partial charge in [0, 0.05) is 39.9 Å². The van der Waals surface area contributed by atoms with E-state index in [1.807, 2.05) is 6.92 Å². The number of rotatable bonds is 5. The molecule has 1 heterocycles. The lowest BCUT2D eigenvalue weighted by Gasteiger charge is -2.32. The van der Waals surface area contributed by atoms with Crippen molar-refractivity contribution >= 4 is 0 Å². The molecule has 1 aliphatic rings. The SMILES string of the molecule is CCCCCN1CCN(C)CC1.CCOC. The minimum absolute atomic E-state index is 0.819. The third-order valence-electron chi connectivity index (χ3n) is 2.96. The van der Waals surface area contributed by atoms with Crippen LogP contribution in [-0.4, -0.2) is 63.3 Å². The third kappa shape index (κ3) is 9.13. The van der Waals surface area contributed by atoms with Gasteiger partial charge in [0.1, 0.15) is 0 Å². The fourth-order valence-corrected chi connectivity index (χ4v) is 1.66. The Labute approximate surface area is 102 Å². The van der Waals surface area contributed by atoms with E-state index in [1.165, 1.54) is 52.0 Å². The maximum atomic E-state index is 4.54. The van der Waals surface area contributed by atoms with E-state index >= 15 is 0 Å². The molecule has 0 aromatic carbocycles. The molecule has 3 nitrogen and oxygen atoms in total. The van der Waals surface area contributed by atoms with E-state index in [-0.39, 0.29) is 0 Å². The van der Waals surface area contributed by atoms with Crippen LogP contribution in [0.3, 0.4) is 0 Å². The number of methoxy groups -OCH3 is 1. The van der Waals surface area contributed by atoms with Gasteiger partial charge in [0.2, 0.25) is 0 Å². The first-order valence-corrected chi connectivity index (χ1v) is 6.64. The van der Waals surface area contributed by atoms with Crippen LogP contribution < -0.4 is 0 Å². The minimum Gasteiger partial charge on any atom is -0.385 e. The molecule has 0 atom stereocenters. The summed E-state index contributed by atoms with van der Waals surface area (Å²) >= 11 is 0. The minimum atomic E-state index is 0.819. The molecule has 1 rings (SSSR count). The predicted molar refractivity (Wildman–Crippen MR) is 71.0 cm³/mol. The quantitative estimate of drug-likeness (QED) is 0.673. The molecule has 0 radical (unpaired) electrons. The first-order valence-electron chi connectivity index (χ1n) is 6.64. The maximum absolute atomic E-state index is 4.54. The van der Waals surface area contributed by atoms with Crippen LogP contribution in [0.1, 0.15) is 33.1 Å². The van der Waals surface area contributed by atoms with Crippen LogP contribution in [0, 0.1) is 0 Å². The Morgan fingerprint density at radius 1 is 1.00 bits per heavy atom. The highest BCUT2D eigenvalue weighted by atomic mass is 16.5. The van der Waals surface area contributed by atoms with Crippen molar-refractivity contribution in [3.63, 3.8) is 0 Å². The average Bonchev–Trinajstić information content (AvgIpc) is 2.32. The van der Waals surface area contributed by atoms with E-state index < -0.39 is 0 Å². The first-order chi connectivity index (χ1) is 7.74. The van der Waals surface area contributed by atoms with Crippen molar-refractivity contribution in [1.29, 1.82) is 0 Å². The number of piperazine rings is 1. The Hall–Kier alpha value is -0.120. The lowest BCUT2D eigenvalue weighted by molar-refractivity contribution is 0.152. The van der Waals surface area contributed by atoms with Gasteiger partial charge < -0.3 is 14.5 Å². The summed E-state index contributed by atoms with van der Waals surface area (Å²) in [6.07, 6.45) is 4.13. The second-order valence-electron chi connectivity index (χ2n) is 4.43. The Bertz CT molecular complexity index is 132.